The summed E-state index contributed by atoms with van der Waals surface area (Å²) in [7, 11) is 0. The Hall–Kier alpha value is -2.75. The van der Waals surface area contributed by atoms with E-state index in [1.165, 1.54) is 0 Å². The van der Waals surface area contributed by atoms with Crippen molar-refractivity contribution in [2.24, 2.45) is 5.41 Å². The SMILES string of the molecule is CC(C)(C)OC(=O)C1(CCC(=O)c2ccccc2)Cc2ccccc2C1=O. The number of hydrogen-bond donors (Lipinski definition) is 0. The fourth-order valence-electron chi connectivity index (χ4n) is 3.50. The third-order valence-electron chi connectivity index (χ3n) is 4.85. The molecule has 0 aromatic heterocycles. The molecule has 0 spiro atoms. The Morgan fingerprint density at radius 2 is 1.63 bits per heavy atom. The Bertz CT molecular complexity index is 877. The molecule has 0 saturated heterocycles. The minimum Gasteiger partial charge on any atom is -0.459 e. The molecule has 140 valence electrons. The Labute approximate surface area is 159 Å². The number of carbonyl (C=O) groups is 3. The fourth-order valence-corrected chi connectivity index (χ4v) is 3.50. The van der Waals surface area contributed by atoms with E-state index >= 15 is 0 Å². The van der Waals surface area contributed by atoms with Crippen molar-refractivity contribution in [3.05, 3.63) is 71.3 Å². The van der Waals surface area contributed by atoms with Gasteiger partial charge in [-0.05, 0) is 39.2 Å². The van der Waals surface area contributed by atoms with E-state index in [2.05, 4.69) is 0 Å². The van der Waals surface area contributed by atoms with Crippen molar-refractivity contribution in [1.29, 1.82) is 0 Å². The van der Waals surface area contributed by atoms with Gasteiger partial charge in [-0.3, -0.25) is 14.4 Å². The first-order valence-corrected chi connectivity index (χ1v) is 9.17. The van der Waals surface area contributed by atoms with Gasteiger partial charge in [0, 0.05) is 17.5 Å². The zero-order valence-corrected chi connectivity index (χ0v) is 16.0. The Kier molecular flexibility index (Phi) is 5.01. The molecule has 0 aliphatic heterocycles. The van der Waals surface area contributed by atoms with Crippen LogP contribution in [0.25, 0.3) is 0 Å². The van der Waals surface area contributed by atoms with Crippen molar-refractivity contribution < 1.29 is 19.1 Å². The first-order valence-electron chi connectivity index (χ1n) is 9.17. The number of esters is 1. The summed E-state index contributed by atoms with van der Waals surface area (Å²) in [5, 5.41) is 0. The van der Waals surface area contributed by atoms with E-state index < -0.39 is 17.0 Å². The maximum atomic E-state index is 13.2. The predicted molar refractivity (Wildman–Crippen MR) is 103 cm³/mol. The van der Waals surface area contributed by atoms with Gasteiger partial charge in [0.15, 0.2) is 11.6 Å². The molecule has 0 N–H and O–H groups in total. The van der Waals surface area contributed by atoms with E-state index in [1.54, 1.807) is 57.2 Å². The lowest BCUT2D eigenvalue weighted by Gasteiger charge is -2.30. The largest absolute Gasteiger partial charge is 0.459 e. The minimum absolute atomic E-state index is 0.0812. The van der Waals surface area contributed by atoms with Crippen molar-refractivity contribution in [1.82, 2.24) is 0 Å². The number of Topliss-reactive ketones (excluding diaryl/α,β-unsaturated/α-hetero) is 2. The lowest BCUT2D eigenvalue weighted by atomic mass is 9.78. The molecule has 0 heterocycles. The number of fused-ring (bicyclic) bond motifs is 1. The summed E-state index contributed by atoms with van der Waals surface area (Å²) in [5.74, 6) is -0.868. The van der Waals surface area contributed by atoms with E-state index in [0.717, 1.165) is 5.56 Å². The molecular formula is C23H24O4. The predicted octanol–water partition coefficient (Wildman–Crippen LogP) is 4.42. The first kappa shape index (κ1) is 19.0. The molecule has 0 amide bonds. The summed E-state index contributed by atoms with van der Waals surface area (Å²) in [6, 6.07) is 16.2. The van der Waals surface area contributed by atoms with Gasteiger partial charge in [0.25, 0.3) is 0 Å². The lowest BCUT2D eigenvalue weighted by molar-refractivity contribution is -0.164. The summed E-state index contributed by atoms with van der Waals surface area (Å²) in [5.41, 5.74) is -0.0693. The highest BCUT2D eigenvalue weighted by Crippen LogP contribution is 2.42. The number of hydrogen-bond acceptors (Lipinski definition) is 4. The summed E-state index contributed by atoms with van der Waals surface area (Å²) >= 11 is 0. The highest BCUT2D eigenvalue weighted by molar-refractivity contribution is 6.16. The highest BCUT2D eigenvalue weighted by atomic mass is 16.6. The molecule has 27 heavy (non-hydrogen) atoms. The van der Waals surface area contributed by atoms with Crippen LogP contribution in [-0.2, 0) is 16.0 Å². The molecule has 1 unspecified atom stereocenters. The van der Waals surface area contributed by atoms with Crippen molar-refractivity contribution in [2.45, 2.75) is 45.6 Å². The molecule has 2 aromatic rings. The van der Waals surface area contributed by atoms with Gasteiger partial charge in [-0.15, -0.1) is 0 Å². The van der Waals surface area contributed by atoms with Crippen molar-refractivity contribution in [3.63, 3.8) is 0 Å². The van der Waals surface area contributed by atoms with Crippen LogP contribution in [0, 0.1) is 5.41 Å². The monoisotopic (exact) mass is 364 g/mol. The third kappa shape index (κ3) is 3.85. The van der Waals surface area contributed by atoms with Gasteiger partial charge in [-0.2, -0.15) is 0 Å². The summed E-state index contributed by atoms with van der Waals surface area (Å²) in [6.07, 6.45) is 0.533. The van der Waals surface area contributed by atoms with Crippen LogP contribution >= 0.6 is 0 Å². The maximum Gasteiger partial charge on any atom is 0.320 e. The highest BCUT2D eigenvalue weighted by Gasteiger charge is 2.53. The summed E-state index contributed by atoms with van der Waals surface area (Å²) in [4.78, 5) is 38.8. The Morgan fingerprint density at radius 1 is 1.00 bits per heavy atom. The van der Waals surface area contributed by atoms with E-state index in [4.69, 9.17) is 4.74 Å². The molecule has 2 aromatic carbocycles. The van der Waals surface area contributed by atoms with E-state index in [0.29, 0.717) is 11.1 Å². The molecular weight excluding hydrogens is 340 g/mol. The van der Waals surface area contributed by atoms with Gasteiger partial charge in [0.05, 0.1) is 0 Å². The van der Waals surface area contributed by atoms with Crippen LogP contribution in [0.15, 0.2) is 54.6 Å². The topological polar surface area (TPSA) is 60.4 Å². The Morgan fingerprint density at radius 3 is 2.26 bits per heavy atom. The standard InChI is InChI=1S/C23H24O4/c1-22(2,3)27-21(26)23(14-13-19(24)16-9-5-4-6-10-16)15-17-11-7-8-12-18(17)20(23)25/h4-12H,13-15H2,1-3H3. The second kappa shape index (κ2) is 7.10. The van der Waals surface area contributed by atoms with E-state index in [9.17, 15) is 14.4 Å². The number of carbonyl (C=O) groups excluding carboxylic acids is 3. The second-order valence-electron chi connectivity index (χ2n) is 8.04. The van der Waals surface area contributed by atoms with Gasteiger partial charge >= 0.3 is 5.97 Å². The molecule has 4 heteroatoms. The van der Waals surface area contributed by atoms with Crippen LogP contribution in [0.5, 0.6) is 0 Å². The molecule has 0 fully saturated rings. The quantitative estimate of drug-likeness (QED) is 0.448. The van der Waals surface area contributed by atoms with Crippen molar-refractivity contribution in [2.75, 3.05) is 0 Å². The molecule has 3 rings (SSSR count). The van der Waals surface area contributed by atoms with Gasteiger partial charge in [-0.1, -0.05) is 54.6 Å². The normalized spacial score (nSPS) is 18.9. The van der Waals surface area contributed by atoms with Gasteiger partial charge in [0.2, 0.25) is 0 Å². The van der Waals surface area contributed by atoms with Crippen molar-refractivity contribution in [3.8, 4) is 0 Å². The number of ether oxygens (including phenoxy) is 1. The fraction of sp³-hybridized carbons (Fsp3) is 0.348. The average Bonchev–Trinajstić information content (AvgIpc) is 2.93. The van der Waals surface area contributed by atoms with Crippen LogP contribution < -0.4 is 0 Å². The Balaban J connectivity index is 1.89. The van der Waals surface area contributed by atoms with Gasteiger partial charge in [-0.25, -0.2) is 0 Å². The number of rotatable bonds is 5. The van der Waals surface area contributed by atoms with Gasteiger partial charge in [0.1, 0.15) is 11.0 Å². The molecule has 0 bridgehead atoms. The molecule has 4 nitrogen and oxygen atoms in total. The average molecular weight is 364 g/mol. The molecule has 0 saturated carbocycles. The summed E-state index contributed by atoms with van der Waals surface area (Å²) in [6.45, 7) is 5.33. The van der Waals surface area contributed by atoms with Gasteiger partial charge < -0.3 is 4.74 Å². The number of benzene rings is 2. The maximum absolute atomic E-state index is 13.2. The zero-order chi connectivity index (χ0) is 19.7. The van der Waals surface area contributed by atoms with E-state index in [-0.39, 0.29) is 30.8 Å². The zero-order valence-electron chi connectivity index (χ0n) is 16.0. The molecule has 1 atom stereocenters. The third-order valence-corrected chi connectivity index (χ3v) is 4.85. The molecule has 1 aliphatic carbocycles. The van der Waals surface area contributed by atoms with Crippen LogP contribution in [0.4, 0.5) is 0 Å². The van der Waals surface area contributed by atoms with E-state index in [1.807, 2.05) is 18.2 Å². The lowest BCUT2D eigenvalue weighted by Crippen LogP contribution is -2.42. The smallest absolute Gasteiger partial charge is 0.320 e. The minimum atomic E-state index is -1.33. The van der Waals surface area contributed by atoms with Crippen LogP contribution in [-0.4, -0.2) is 23.1 Å². The van der Waals surface area contributed by atoms with Crippen molar-refractivity contribution >= 4 is 17.5 Å². The van der Waals surface area contributed by atoms with Crippen LogP contribution in [0.2, 0.25) is 0 Å². The van der Waals surface area contributed by atoms with Crippen LogP contribution in [0.3, 0.4) is 0 Å². The second-order valence-corrected chi connectivity index (χ2v) is 8.04. The first-order chi connectivity index (χ1) is 12.7. The molecule has 1 aliphatic rings. The van der Waals surface area contributed by atoms with Crippen LogP contribution in [0.1, 0.15) is 59.9 Å². The molecule has 0 radical (unpaired) electrons. The summed E-state index contributed by atoms with van der Waals surface area (Å²) < 4.78 is 5.59. The number of ketones is 2.